The second-order valence-electron chi connectivity index (χ2n) is 7.84. The third-order valence-electron chi connectivity index (χ3n) is 5.37. The van der Waals surface area contributed by atoms with Gasteiger partial charge < -0.3 is 9.47 Å². The van der Waals surface area contributed by atoms with E-state index in [4.69, 9.17) is 44.3 Å². The molecule has 1 N–H and O–H groups in total. The summed E-state index contributed by atoms with van der Waals surface area (Å²) in [7, 11) is 1.44. The minimum atomic E-state index is -0.867. The number of hydrogen-bond donors (Lipinski definition) is 1. The first-order valence-electron chi connectivity index (χ1n) is 10.6. The average molecular weight is 546 g/mol. The topological polar surface area (TPSA) is 84.9 Å². The van der Waals surface area contributed by atoms with Gasteiger partial charge in [-0.15, -0.1) is 0 Å². The van der Waals surface area contributed by atoms with Gasteiger partial charge in [-0.05, 0) is 66.1 Å². The molecule has 3 aromatic carbocycles. The largest absolute Gasteiger partial charge is 0.493 e. The lowest BCUT2D eigenvalue weighted by atomic mass is 10.1. The molecule has 36 heavy (non-hydrogen) atoms. The summed E-state index contributed by atoms with van der Waals surface area (Å²) in [6, 6.07) is 14.2. The highest BCUT2D eigenvalue weighted by Gasteiger charge is 2.37. The Kier molecular flexibility index (Phi) is 7.54. The zero-order valence-corrected chi connectivity index (χ0v) is 21.4. The third kappa shape index (κ3) is 5.33. The smallest absolute Gasteiger partial charge is 0.335 e. The standard InChI is InChI=1S/C26H19Cl3N2O5/c1-14-3-6-18(28)12-21(14)31-25(33)19(24(32)30-26(31)34)9-16-10-20(29)23(22(11-16)35-2)36-13-15-4-7-17(27)8-5-15/h3-12H,13H2,1-2H3,(H,30,32,34)/b19-9+. The molecular formula is C26H19Cl3N2O5. The van der Waals surface area contributed by atoms with Gasteiger partial charge in [-0.3, -0.25) is 14.9 Å². The van der Waals surface area contributed by atoms with Gasteiger partial charge >= 0.3 is 6.03 Å². The van der Waals surface area contributed by atoms with Crippen LogP contribution in [0, 0.1) is 6.92 Å². The number of carbonyl (C=O) groups excluding carboxylic acids is 3. The van der Waals surface area contributed by atoms with Crippen LogP contribution >= 0.6 is 34.8 Å². The van der Waals surface area contributed by atoms with E-state index in [0.29, 0.717) is 32.7 Å². The number of urea groups is 1. The predicted molar refractivity (Wildman–Crippen MR) is 139 cm³/mol. The number of hydrogen-bond acceptors (Lipinski definition) is 5. The Hall–Kier alpha value is -3.52. The highest BCUT2D eigenvalue weighted by molar-refractivity contribution is 6.40. The minimum absolute atomic E-state index is 0.206. The van der Waals surface area contributed by atoms with Gasteiger partial charge in [0.2, 0.25) is 0 Å². The highest BCUT2D eigenvalue weighted by atomic mass is 35.5. The van der Waals surface area contributed by atoms with Gasteiger partial charge in [-0.1, -0.05) is 53.0 Å². The van der Waals surface area contributed by atoms with Crippen LogP contribution in [-0.4, -0.2) is 25.0 Å². The second-order valence-corrected chi connectivity index (χ2v) is 9.12. The molecule has 0 spiro atoms. The molecule has 10 heteroatoms. The molecule has 1 aliphatic rings. The molecule has 0 aromatic heterocycles. The molecule has 3 aromatic rings. The summed E-state index contributed by atoms with van der Waals surface area (Å²) in [5.41, 5.74) is 1.90. The fraction of sp³-hybridized carbons (Fsp3) is 0.115. The number of nitrogens with zero attached hydrogens (tertiary/aromatic N) is 1. The van der Waals surface area contributed by atoms with Crippen molar-refractivity contribution in [2.24, 2.45) is 0 Å². The summed E-state index contributed by atoms with van der Waals surface area (Å²) >= 11 is 18.4. The van der Waals surface area contributed by atoms with Crippen LogP contribution in [0.2, 0.25) is 15.1 Å². The van der Waals surface area contributed by atoms with Gasteiger partial charge in [-0.2, -0.15) is 0 Å². The van der Waals surface area contributed by atoms with Crippen LogP contribution in [0.4, 0.5) is 10.5 Å². The summed E-state index contributed by atoms with van der Waals surface area (Å²) in [6.45, 7) is 1.93. The van der Waals surface area contributed by atoms with Crippen molar-refractivity contribution in [1.29, 1.82) is 0 Å². The fourth-order valence-electron chi connectivity index (χ4n) is 3.57. The number of rotatable bonds is 6. The zero-order chi connectivity index (χ0) is 26.0. The van der Waals surface area contributed by atoms with Crippen molar-refractivity contribution in [2.75, 3.05) is 12.0 Å². The Labute approximate surface area is 222 Å². The normalized spacial score (nSPS) is 14.8. The van der Waals surface area contributed by atoms with Gasteiger partial charge in [0.15, 0.2) is 11.5 Å². The molecular weight excluding hydrogens is 527 g/mol. The summed E-state index contributed by atoms with van der Waals surface area (Å²) in [5.74, 6) is -1.04. The van der Waals surface area contributed by atoms with Crippen LogP contribution in [0.5, 0.6) is 11.5 Å². The van der Waals surface area contributed by atoms with Gasteiger partial charge in [0.05, 0.1) is 17.8 Å². The number of carbonyl (C=O) groups is 3. The van der Waals surface area contributed by atoms with Crippen molar-refractivity contribution >= 4 is 64.4 Å². The molecule has 7 nitrogen and oxygen atoms in total. The fourth-order valence-corrected chi connectivity index (χ4v) is 4.13. The van der Waals surface area contributed by atoms with Gasteiger partial charge in [0.1, 0.15) is 12.2 Å². The monoisotopic (exact) mass is 544 g/mol. The van der Waals surface area contributed by atoms with Gasteiger partial charge in [0.25, 0.3) is 11.8 Å². The van der Waals surface area contributed by atoms with E-state index in [2.05, 4.69) is 5.32 Å². The van der Waals surface area contributed by atoms with E-state index >= 15 is 0 Å². The lowest BCUT2D eigenvalue weighted by Crippen LogP contribution is -2.54. The van der Waals surface area contributed by atoms with Crippen LogP contribution in [0.3, 0.4) is 0 Å². The van der Waals surface area contributed by atoms with Crippen molar-refractivity contribution in [3.63, 3.8) is 0 Å². The van der Waals surface area contributed by atoms with E-state index in [1.165, 1.54) is 25.3 Å². The predicted octanol–water partition coefficient (Wildman–Crippen LogP) is 6.21. The lowest BCUT2D eigenvalue weighted by Gasteiger charge is -2.27. The van der Waals surface area contributed by atoms with E-state index in [-0.39, 0.29) is 22.9 Å². The maximum atomic E-state index is 13.2. The van der Waals surface area contributed by atoms with Crippen LogP contribution in [-0.2, 0) is 16.2 Å². The highest BCUT2D eigenvalue weighted by Crippen LogP contribution is 2.38. The minimum Gasteiger partial charge on any atom is -0.493 e. The molecule has 0 aliphatic carbocycles. The van der Waals surface area contributed by atoms with Crippen LogP contribution in [0.1, 0.15) is 16.7 Å². The molecule has 1 heterocycles. The Morgan fingerprint density at radius 3 is 2.33 bits per heavy atom. The molecule has 0 saturated carbocycles. The van der Waals surface area contributed by atoms with Gasteiger partial charge in [0, 0.05) is 10.0 Å². The first-order chi connectivity index (χ1) is 17.2. The number of nitrogens with one attached hydrogen (secondary N) is 1. The number of ether oxygens (including phenoxy) is 2. The maximum Gasteiger partial charge on any atom is 0.335 e. The first-order valence-corrected chi connectivity index (χ1v) is 11.7. The number of imide groups is 2. The van der Waals surface area contributed by atoms with Gasteiger partial charge in [-0.25, -0.2) is 9.69 Å². The van der Waals surface area contributed by atoms with E-state index in [0.717, 1.165) is 10.5 Å². The summed E-state index contributed by atoms with van der Waals surface area (Å²) < 4.78 is 11.3. The third-order valence-corrected chi connectivity index (χ3v) is 6.14. The van der Waals surface area contributed by atoms with Crippen LogP contribution < -0.4 is 19.7 Å². The van der Waals surface area contributed by atoms with E-state index in [1.54, 1.807) is 37.3 Å². The number of aryl methyl sites for hydroxylation is 1. The Morgan fingerprint density at radius 1 is 0.944 bits per heavy atom. The summed E-state index contributed by atoms with van der Waals surface area (Å²) in [6.07, 6.45) is 1.33. The quantitative estimate of drug-likeness (QED) is 0.294. The van der Waals surface area contributed by atoms with E-state index < -0.39 is 17.8 Å². The first kappa shape index (κ1) is 25.6. The Bertz CT molecular complexity index is 1400. The average Bonchev–Trinajstić information content (AvgIpc) is 2.84. The zero-order valence-electron chi connectivity index (χ0n) is 19.1. The molecule has 4 amide bonds. The number of anilines is 1. The van der Waals surface area contributed by atoms with Crippen LogP contribution in [0.25, 0.3) is 6.08 Å². The van der Waals surface area contributed by atoms with Crippen molar-refractivity contribution in [3.05, 3.63) is 91.9 Å². The van der Waals surface area contributed by atoms with Crippen molar-refractivity contribution in [2.45, 2.75) is 13.5 Å². The SMILES string of the molecule is COc1cc(/C=C2\C(=O)NC(=O)N(c3cc(Cl)ccc3C)C2=O)cc(Cl)c1OCc1ccc(Cl)cc1. The number of amides is 4. The Balaban J connectivity index is 1.66. The van der Waals surface area contributed by atoms with E-state index in [1.807, 2.05) is 12.1 Å². The second kappa shape index (κ2) is 10.6. The maximum absolute atomic E-state index is 13.2. The molecule has 1 saturated heterocycles. The number of benzene rings is 3. The number of methoxy groups -OCH3 is 1. The number of barbiturate groups is 1. The van der Waals surface area contributed by atoms with E-state index in [9.17, 15) is 14.4 Å². The molecule has 1 aliphatic heterocycles. The van der Waals surface area contributed by atoms with Crippen molar-refractivity contribution < 1.29 is 23.9 Å². The molecule has 0 radical (unpaired) electrons. The van der Waals surface area contributed by atoms with Crippen molar-refractivity contribution in [1.82, 2.24) is 5.32 Å². The molecule has 0 bridgehead atoms. The number of halogens is 3. The molecule has 0 atom stereocenters. The molecule has 184 valence electrons. The van der Waals surface area contributed by atoms with Crippen molar-refractivity contribution in [3.8, 4) is 11.5 Å². The summed E-state index contributed by atoms with van der Waals surface area (Å²) in [5, 5.41) is 3.34. The summed E-state index contributed by atoms with van der Waals surface area (Å²) in [4.78, 5) is 39.2. The lowest BCUT2D eigenvalue weighted by molar-refractivity contribution is -0.122. The molecule has 1 fully saturated rings. The van der Waals surface area contributed by atoms with Crippen LogP contribution in [0.15, 0.2) is 60.2 Å². The molecule has 0 unspecified atom stereocenters. The Morgan fingerprint density at radius 2 is 1.64 bits per heavy atom. The molecule has 4 rings (SSSR count).